The summed E-state index contributed by atoms with van der Waals surface area (Å²) < 4.78 is 11.7. The van der Waals surface area contributed by atoms with Crippen LogP contribution >= 0.6 is 15.9 Å². The molecular formula is C15H22BrNO3. The number of rotatable bonds is 7. The summed E-state index contributed by atoms with van der Waals surface area (Å²) in [6.07, 6.45) is 0.281. The third kappa shape index (κ3) is 5.13. The number of benzene rings is 1. The van der Waals surface area contributed by atoms with Crippen LogP contribution in [0.1, 0.15) is 24.5 Å². The van der Waals surface area contributed by atoms with Crippen molar-refractivity contribution in [2.45, 2.75) is 33.3 Å². The van der Waals surface area contributed by atoms with Gasteiger partial charge in [0.05, 0.1) is 0 Å². The average molecular weight is 344 g/mol. The highest BCUT2D eigenvalue weighted by Gasteiger charge is 2.14. The van der Waals surface area contributed by atoms with E-state index in [0.717, 1.165) is 22.0 Å². The SMILES string of the molecule is COCCCNC(=O)C(C)Oc1cc(C)c(Br)c(C)c1. The molecular weight excluding hydrogens is 322 g/mol. The lowest BCUT2D eigenvalue weighted by Gasteiger charge is -2.16. The van der Waals surface area contributed by atoms with Crippen molar-refractivity contribution < 1.29 is 14.3 Å². The van der Waals surface area contributed by atoms with Crippen molar-refractivity contribution in [2.75, 3.05) is 20.3 Å². The first kappa shape index (κ1) is 17.0. The minimum absolute atomic E-state index is 0.112. The molecule has 0 aromatic heterocycles. The largest absolute Gasteiger partial charge is 0.481 e. The van der Waals surface area contributed by atoms with Gasteiger partial charge in [0, 0.05) is 24.7 Å². The van der Waals surface area contributed by atoms with E-state index in [2.05, 4.69) is 21.2 Å². The van der Waals surface area contributed by atoms with Gasteiger partial charge in [-0.15, -0.1) is 0 Å². The molecule has 0 saturated carbocycles. The van der Waals surface area contributed by atoms with Crippen LogP contribution in [0.2, 0.25) is 0 Å². The summed E-state index contributed by atoms with van der Waals surface area (Å²) in [6, 6.07) is 3.84. The maximum absolute atomic E-state index is 11.9. The molecule has 20 heavy (non-hydrogen) atoms. The van der Waals surface area contributed by atoms with E-state index in [4.69, 9.17) is 9.47 Å². The minimum Gasteiger partial charge on any atom is -0.481 e. The summed E-state index contributed by atoms with van der Waals surface area (Å²) in [5.41, 5.74) is 2.18. The molecule has 0 radical (unpaired) electrons. The number of carbonyl (C=O) groups excluding carboxylic acids is 1. The molecule has 5 heteroatoms. The molecule has 1 aromatic carbocycles. The molecule has 1 rings (SSSR count). The highest BCUT2D eigenvalue weighted by molar-refractivity contribution is 9.10. The first-order chi connectivity index (χ1) is 9.45. The van der Waals surface area contributed by atoms with Crippen molar-refractivity contribution >= 4 is 21.8 Å². The molecule has 1 atom stereocenters. The van der Waals surface area contributed by atoms with Crippen LogP contribution in [0, 0.1) is 13.8 Å². The fourth-order valence-corrected chi connectivity index (χ4v) is 2.03. The van der Waals surface area contributed by atoms with E-state index in [1.807, 2.05) is 26.0 Å². The van der Waals surface area contributed by atoms with Gasteiger partial charge in [0.2, 0.25) is 0 Å². The number of amides is 1. The Labute approximate surface area is 129 Å². The van der Waals surface area contributed by atoms with E-state index >= 15 is 0 Å². The molecule has 0 fully saturated rings. The third-order valence-electron chi connectivity index (χ3n) is 2.92. The Morgan fingerprint density at radius 3 is 2.50 bits per heavy atom. The van der Waals surface area contributed by atoms with Crippen LogP contribution in [0.5, 0.6) is 5.75 Å². The van der Waals surface area contributed by atoms with E-state index in [-0.39, 0.29) is 5.91 Å². The van der Waals surface area contributed by atoms with Crippen molar-refractivity contribution in [3.63, 3.8) is 0 Å². The highest BCUT2D eigenvalue weighted by atomic mass is 79.9. The van der Waals surface area contributed by atoms with E-state index in [9.17, 15) is 4.79 Å². The van der Waals surface area contributed by atoms with Gasteiger partial charge in [-0.2, -0.15) is 0 Å². The van der Waals surface area contributed by atoms with Crippen molar-refractivity contribution in [1.82, 2.24) is 5.32 Å². The van der Waals surface area contributed by atoms with Crippen LogP contribution in [0.3, 0.4) is 0 Å². The summed E-state index contributed by atoms with van der Waals surface area (Å²) in [4.78, 5) is 11.9. The molecule has 0 aliphatic rings. The third-order valence-corrected chi connectivity index (χ3v) is 4.17. The van der Waals surface area contributed by atoms with Crippen molar-refractivity contribution in [3.8, 4) is 5.75 Å². The quantitative estimate of drug-likeness (QED) is 0.774. The molecule has 1 unspecified atom stereocenters. The van der Waals surface area contributed by atoms with Crippen molar-refractivity contribution in [3.05, 3.63) is 27.7 Å². The highest BCUT2D eigenvalue weighted by Crippen LogP contribution is 2.26. The van der Waals surface area contributed by atoms with E-state index < -0.39 is 6.10 Å². The standard InChI is InChI=1S/C15H22BrNO3/c1-10-8-13(9-11(2)14(10)16)20-12(3)15(18)17-6-5-7-19-4/h8-9,12H,5-7H2,1-4H3,(H,17,18). The summed E-state index contributed by atoms with van der Waals surface area (Å²) in [7, 11) is 1.64. The average Bonchev–Trinajstić information content (AvgIpc) is 2.40. The van der Waals surface area contributed by atoms with Crippen LogP contribution in [-0.4, -0.2) is 32.3 Å². The second kappa shape index (κ2) is 8.27. The van der Waals surface area contributed by atoms with Gasteiger partial charge >= 0.3 is 0 Å². The van der Waals surface area contributed by atoms with Gasteiger partial charge in [-0.3, -0.25) is 4.79 Å². The lowest BCUT2D eigenvalue weighted by Crippen LogP contribution is -2.37. The fraction of sp³-hybridized carbons (Fsp3) is 0.533. The van der Waals surface area contributed by atoms with Gasteiger partial charge in [0.1, 0.15) is 5.75 Å². The number of nitrogens with one attached hydrogen (secondary N) is 1. The predicted octanol–water partition coefficient (Wildman–Crippen LogP) is 2.99. The number of hydrogen-bond acceptors (Lipinski definition) is 3. The summed E-state index contributed by atoms with van der Waals surface area (Å²) in [5, 5.41) is 2.82. The summed E-state index contributed by atoms with van der Waals surface area (Å²) in [5.74, 6) is 0.599. The van der Waals surface area contributed by atoms with Crippen LogP contribution < -0.4 is 10.1 Å². The fourth-order valence-electron chi connectivity index (χ4n) is 1.80. The summed E-state index contributed by atoms with van der Waals surface area (Å²) in [6.45, 7) is 6.98. The number of aryl methyl sites for hydroxylation is 2. The first-order valence-corrected chi connectivity index (χ1v) is 7.45. The zero-order chi connectivity index (χ0) is 15.1. The lowest BCUT2D eigenvalue weighted by molar-refractivity contribution is -0.127. The molecule has 0 aliphatic heterocycles. The monoisotopic (exact) mass is 343 g/mol. The second-order valence-corrected chi connectivity index (χ2v) is 5.56. The van der Waals surface area contributed by atoms with E-state index in [1.54, 1.807) is 14.0 Å². The molecule has 0 aliphatic carbocycles. The van der Waals surface area contributed by atoms with Gasteiger partial charge in [0.15, 0.2) is 6.10 Å². The van der Waals surface area contributed by atoms with Crippen LogP contribution in [-0.2, 0) is 9.53 Å². The normalized spacial score (nSPS) is 12.1. The van der Waals surface area contributed by atoms with Crippen LogP contribution in [0.15, 0.2) is 16.6 Å². The molecule has 112 valence electrons. The molecule has 0 spiro atoms. The number of halogens is 1. The number of carbonyl (C=O) groups is 1. The topological polar surface area (TPSA) is 47.6 Å². The molecule has 4 nitrogen and oxygen atoms in total. The molecule has 0 bridgehead atoms. The zero-order valence-corrected chi connectivity index (χ0v) is 14.0. The number of ether oxygens (including phenoxy) is 2. The Hall–Kier alpha value is -1.07. The maximum atomic E-state index is 11.9. The molecule has 1 aromatic rings. The molecule has 0 saturated heterocycles. The lowest BCUT2D eigenvalue weighted by atomic mass is 10.1. The van der Waals surface area contributed by atoms with Gasteiger partial charge in [-0.25, -0.2) is 0 Å². The Morgan fingerprint density at radius 1 is 1.35 bits per heavy atom. The Morgan fingerprint density at radius 2 is 1.95 bits per heavy atom. The van der Waals surface area contributed by atoms with Crippen molar-refractivity contribution in [2.24, 2.45) is 0 Å². The predicted molar refractivity (Wildman–Crippen MR) is 83.2 cm³/mol. The van der Waals surface area contributed by atoms with Crippen LogP contribution in [0.25, 0.3) is 0 Å². The Bertz CT molecular complexity index is 439. The molecule has 1 N–H and O–H groups in total. The second-order valence-electron chi connectivity index (χ2n) is 4.77. The summed E-state index contributed by atoms with van der Waals surface area (Å²) >= 11 is 3.51. The minimum atomic E-state index is -0.516. The van der Waals surface area contributed by atoms with Gasteiger partial charge in [-0.05, 0) is 50.5 Å². The van der Waals surface area contributed by atoms with Gasteiger partial charge in [-0.1, -0.05) is 15.9 Å². The first-order valence-electron chi connectivity index (χ1n) is 6.65. The van der Waals surface area contributed by atoms with Gasteiger partial charge in [0.25, 0.3) is 5.91 Å². The van der Waals surface area contributed by atoms with Crippen LogP contribution in [0.4, 0.5) is 0 Å². The molecule has 1 amide bonds. The Balaban J connectivity index is 2.53. The van der Waals surface area contributed by atoms with E-state index in [1.165, 1.54) is 0 Å². The Kier molecular flexibility index (Phi) is 7.02. The van der Waals surface area contributed by atoms with Crippen molar-refractivity contribution in [1.29, 1.82) is 0 Å². The number of methoxy groups -OCH3 is 1. The van der Waals surface area contributed by atoms with E-state index in [0.29, 0.717) is 18.9 Å². The maximum Gasteiger partial charge on any atom is 0.260 e. The smallest absolute Gasteiger partial charge is 0.260 e. The molecule has 0 heterocycles. The van der Waals surface area contributed by atoms with Gasteiger partial charge < -0.3 is 14.8 Å². The zero-order valence-electron chi connectivity index (χ0n) is 12.5. The number of hydrogen-bond donors (Lipinski definition) is 1.